The number of rotatable bonds is 6. The van der Waals surface area contributed by atoms with E-state index in [9.17, 15) is 9.18 Å². The normalized spacial score (nSPS) is 10.4. The Morgan fingerprint density at radius 2 is 2.08 bits per heavy atom. The van der Waals surface area contributed by atoms with E-state index in [1.54, 1.807) is 19.0 Å². The molecule has 7 nitrogen and oxygen atoms in total. The molecule has 24 heavy (non-hydrogen) atoms. The number of methoxy groups -OCH3 is 1. The van der Waals surface area contributed by atoms with Gasteiger partial charge in [-0.15, -0.1) is 0 Å². The highest BCUT2D eigenvalue weighted by atomic mass is 35.5. The number of ether oxygens (including phenoxy) is 1. The maximum Gasteiger partial charge on any atom is 0.321 e. The molecule has 0 atom stereocenters. The molecule has 0 aliphatic carbocycles. The first-order valence-electron chi connectivity index (χ1n) is 7.06. The van der Waals surface area contributed by atoms with Gasteiger partial charge in [-0.25, -0.2) is 4.39 Å². The number of aromatic nitrogens is 3. The number of carbonyl (C=O) groups excluding carboxylic acids is 1. The second kappa shape index (κ2) is 7.87. The van der Waals surface area contributed by atoms with Gasteiger partial charge >= 0.3 is 6.01 Å². The molecule has 0 bridgehead atoms. The summed E-state index contributed by atoms with van der Waals surface area (Å²) in [5, 5.41) is 2.84. The topological polar surface area (TPSA) is 80.2 Å². The third-order valence-corrected chi connectivity index (χ3v) is 3.43. The van der Waals surface area contributed by atoms with Crippen LogP contribution in [-0.2, 0) is 17.8 Å². The van der Waals surface area contributed by atoms with Gasteiger partial charge < -0.3 is 15.0 Å². The number of halogens is 2. The summed E-state index contributed by atoms with van der Waals surface area (Å²) in [5.41, 5.74) is 0.152. The smallest absolute Gasteiger partial charge is 0.321 e. The second-order valence-corrected chi connectivity index (χ2v) is 5.49. The fourth-order valence-electron chi connectivity index (χ4n) is 1.86. The molecule has 1 aromatic carbocycles. The quantitative estimate of drug-likeness (QED) is 0.849. The molecule has 0 fully saturated rings. The lowest BCUT2D eigenvalue weighted by Crippen LogP contribution is -2.27. The van der Waals surface area contributed by atoms with E-state index in [2.05, 4.69) is 20.3 Å². The zero-order valence-electron chi connectivity index (χ0n) is 13.5. The maximum atomic E-state index is 13.7. The fourth-order valence-corrected chi connectivity index (χ4v) is 2.09. The van der Waals surface area contributed by atoms with E-state index < -0.39 is 11.7 Å². The predicted octanol–water partition coefficient (Wildman–Crippen LogP) is 1.60. The highest BCUT2D eigenvalue weighted by Gasteiger charge is 2.13. The van der Waals surface area contributed by atoms with Crippen molar-refractivity contribution in [3.8, 4) is 6.01 Å². The van der Waals surface area contributed by atoms with Crippen molar-refractivity contribution in [2.24, 2.45) is 0 Å². The molecular weight excluding hydrogens is 337 g/mol. The lowest BCUT2D eigenvalue weighted by atomic mass is 10.1. The van der Waals surface area contributed by atoms with Crippen LogP contribution in [0.25, 0.3) is 0 Å². The number of carbonyl (C=O) groups is 1. The molecule has 2 aromatic rings. The lowest BCUT2D eigenvalue weighted by Gasteiger charge is -2.12. The van der Waals surface area contributed by atoms with E-state index in [4.69, 9.17) is 16.3 Å². The summed E-state index contributed by atoms with van der Waals surface area (Å²) in [7, 11) is 4.99. The van der Waals surface area contributed by atoms with Crippen molar-refractivity contribution in [1.29, 1.82) is 0 Å². The van der Waals surface area contributed by atoms with E-state index in [0.29, 0.717) is 11.8 Å². The van der Waals surface area contributed by atoms with Crippen molar-refractivity contribution in [2.75, 3.05) is 26.1 Å². The van der Waals surface area contributed by atoms with Crippen LogP contribution in [0.15, 0.2) is 18.2 Å². The van der Waals surface area contributed by atoms with Crippen LogP contribution in [-0.4, -0.2) is 42.1 Å². The molecule has 0 aliphatic heterocycles. The van der Waals surface area contributed by atoms with E-state index in [-0.39, 0.29) is 29.6 Å². The van der Waals surface area contributed by atoms with Crippen molar-refractivity contribution >= 4 is 23.5 Å². The third-order valence-electron chi connectivity index (χ3n) is 3.07. The van der Waals surface area contributed by atoms with Crippen LogP contribution in [0.3, 0.4) is 0 Å². The molecule has 1 heterocycles. The number of hydrogen-bond donors (Lipinski definition) is 1. The standard InChI is InChI=1S/C15H17ClFN5O2/c1-22(2)14-19-12(20-15(21-14)24-3)8-18-13(23)7-9-10(16)5-4-6-11(9)17/h4-6H,7-8H2,1-3H3,(H,18,23). The molecular formula is C15H17ClFN5O2. The first-order valence-corrected chi connectivity index (χ1v) is 7.44. The Balaban J connectivity index is 2.05. The summed E-state index contributed by atoms with van der Waals surface area (Å²) in [5.74, 6) is -0.177. The maximum absolute atomic E-state index is 13.7. The van der Waals surface area contributed by atoms with Gasteiger partial charge in [0.25, 0.3) is 0 Å². The summed E-state index contributed by atoms with van der Waals surface area (Å²) in [6.07, 6.45) is -0.172. The molecule has 0 aliphatic rings. The van der Waals surface area contributed by atoms with Gasteiger partial charge in [0, 0.05) is 24.7 Å². The van der Waals surface area contributed by atoms with E-state index in [1.165, 1.54) is 25.3 Å². The van der Waals surface area contributed by atoms with Crippen molar-refractivity contribution in [2.45, 2.75) is 13.0 Å². The van der Waals surface area contributed by atoms with Gasteiger partial charge in [0.1, 0.15) is 5.82 Å². The minimum atomic E-state index is -0.519. The van der Waals surface area contributed by atoms with Gasteiger partial charge in [0.15, 0.2) is 5.82 Å². The summed E-state index contributed by atoms with van der Waals surface area (Å²) >= 11 is 5.91. The predicted molar refractivity (Wildman–Crippen MR) is 87.7 cm³/mol. The Morgan fingerprint density at radius 1 is 1.33 bits per heavy atom. The molecule has 0 saturated heterocycles. The number of amides is 1. The first-order chi connectivity index (χ1) is 11.4. The van der Waals surface area contributed by atoms with Crippen LogP contribution in [0.5, 0.6) is 6.01 Å². The number of hydrogen-bond acceptors (Lipinski definition) is 6. The number of nitrogens with zero attached hydrogens (tertiary/aromatic N) is 4. The minimum absolute atomic E-state index is 0.0601. The second-order valence-electron chi connectivity index (χ2n) is 5.09. The van der Waals surface area contributed by atoms with Gasteiger partial charge in [-0.05, 0) is 12.1 Å². The van der Waals surface area contributed by atoms with Crippen molar-refractivity contribution in [3.05, 3.63) is 40.4 Å². The van der Waals surface area contributed by atoms with Gasteiger partial charge in [-0.1, -0.05) is 17.7 Å². The molecule has 128 valence electrons. The van der Waals surface area contributed by atoms with Gasteiger partial charge in [-0.2, -0.15) is 15.0 Å². The monoisotopic (exact) mass is 353 g/mol. The highest BCUT2D eigenvalue weighted by molar-refractivity contribution is 6.31. The van der Waals surface area contributed by atoms with Crippen LogP contribution >= 0.6 is 11.6 Å². The van der Waals surface area contributed by atoms with Gasteiger partial charge in [-0.3, -0.25) is 4.79 Å². The minimum Gasteiger partial charge on any atom is -0.467 e. The van der Waals surface area contributed by atoms with E-state index in [0.717, 1.165) is 0 Å². The van der Waals surface area contributed by atoms with Crippen LogP contribution in [0, 0.1) is 5.82 Å². The van der Waals surface area contributed by atoms with Crippen LogP contribution < -0.4 is 15.0 Å². The largest absolute Gasteiger partial charge is 0.467 e. The Hall–Kier alpha value is -2.48. The molecule has 0 saturated carbocycles. The SMILES string of the molecule is COc1nc(CNC(=O)Cc2c(F)cccc2Cl)nc(N(C)C)n1. The summed E-state index contributed by atoms with van der Waals surface area (Å²) in [6.45, 7) is 0.0601. The number of benzene rings is 1. The Bertz CT molecular complexity index is 722. The van der Waals surface area contributed by atoms with Crippen LogP contribution in [0.4, 0.5) is 10.3 Å². The average molecular weight is 354 g/mol. The van der Waals surface area contributed by atoms with Crippen LogP contribution in [0.2, 0.25) is 5.02 Å². The zero-order chi connectivity index (χ0) is 17.7. The molecule has 1 N–H and O–H groups in total. The molecule has 2 rings (SSSR count). The summed E-state index contributed by atoms with van der Waals surface area (Å²) in [4.78, 5) is 26.0. The molecule has 1 amide bonds. The Morgan fingerprint density at radius 3 is 2.71 bits per heavy atom. The lowest BCUT2D eigenvalue weighted by molar-refractivity contribution is -0.120. The summed E-state index contributed by atoms with van der Waals surface area (Å²) < 4.78 is 18.7. The first kappa shape index (κ1) is 17.9. The Labute approximate surface area is 143 Å². The van der Waals surface area contributed by atoms with E-state index >= 15 is 0 Å². The van der Waals surface area contributed by atoms with Crippen LogP contribution in [0.1, 0.15) is 11.4 Å². The zero-order valence-corrected chi connectivity index (χ0v) is 14.3. The van der Waals surface area contributed by atoms with Gasteiger partial charge in [0.2, 0.25) is 11.9 Å². The molecule has 0 spiro atoms. The highest BCUT2D eigenvalue weighted by Crippen LogP contribution is 2.19. The van der Waals surface area contributed by atoms with Crippen molar-refractivity contribution in [1.82, 2.24) is 20.3 Å². The molecule has 0 unspecified atom stereocenters. The van der Waals surface area contributed by atoms with Crippen molar-refractivity contribution < 1.29 is 13.9 Å². The fraction of sp³-hybridized carbons (Fsp3) is 0.333. The molecule has 1 aromatic heterocycles. The molecule has 0 radical (unpaired) electrons. The third kappa shape index (κ3) is 4.51. The number of anilines is 1. The van der Waals surface area contributed by atoms with Crippen molar-refractivity contribution in [3.63, 3.8) is 0 Å². The average Bonchev–Trinajstić information content (AvgIpc) is 2.56. The molecule has 9 heteroatoms. The van der Waals surface area contributed by atoms with E-state index in [1.807, 2.05) is 0 Å². The number of nitrogens with one attached hydrogen (secondary N) is 1. The summed E-state index contributed by atoms with van der Waals surface area (Å²) in [6, 6.07) is 4.43. The Kier molecular flexibility index (Phi) is 5.86. The van der Waals surface area contributed by atoms with Gasteiger partial charge in [0.05, 0.1) is 20.1 Å².